The second-order valence-electron chi connectivity index (χ2n) is 4.51. The molecule has 1 aromatic rings. The van der Waals surface area contributed by atoms with E-state index in [2.05, 4.69) is 32.6 Å². The van der Waals surface area contributed by atoms with Crippen LogP contribution in [0.15, 0.2) is 6.20 Å². The lowest BCUT2D eigenvalue weighted by molar-refractivity contribution is 0.522. The smallest absolute Gasteiger partial charge is 0.0820 e. The van der Waals surface area contributed by atoms with Crippen LogP contribution in [0.25, 0.3) is 0 Å². The number of rotatable bonds is 2. The molecule has 90 valence electrons. The molecular formula is C12H18BrClN2. The second kappa shape index (κ2) is 5.54. The second-order valence-corrected chi connectivity index (χ2v) is 6.21. The minimum absolute atomic E-state index is 0.571. The van der Waals surface area contributed by atoms with Gasteiger partial charge in [0.05, 0.1) is 16.9 Å². The summed E-state index contributed by atoms with van der Waals surface area (Å²) in [6, 6.07) is 0. The van der Waals surface area contributed by atoms with Crippen LogP contribution in [-0.4, -0.2) is 14.6 Å². The molecule has 1 saturated carbocycles. The van der Waals surface area contributed by atoms with Gasteiger partial charge in [-0.05, 0) is 26.2 Å². The minimum Gasteiger partial charge on any atom is -0.268 e. The lowest BCUT2D eigenvalue weighted by Gasteiger charge is -2.18. The van der Waals surface area contributed by atoms with E-state index in [9.17, 15) is 0 Å². The van der Waals surface area contributed by atoms with Gasteiger partial charge in [0.2, 0.25) is 0 Å². The standard InChI is InChI=1S/C12H18BrClN2/c1-2-16-12(11(14)8-15-16)9-5-3-4-6-10(13)7-9/h8-10H,2-7H2,1H3. The van der Waals surface area contributed by atoms with Crippen LogP contribution in [0.5, 0.6) is 0 Å². The summed E-state index contributed by atoms with van der Waals surface area (Å²) in [4.78, 5) is 0.635. The van der Waals surface area contributed by atoms with Crippen LogP contribution in [0.2, 0.25) is 5.02 Å². The lowest BCUT2D eigenvalue weighted by Crippen LogP contribution is -2.11. The highest BCUT2D eigenvalue weighted by Gasteiger charge is 2.24. The summed E-state index contributed by atoms with van der Waals surface area (Å²) in [5, 5.41) is 5.18. The van der Waals surface area contributed by atoms with E-state index in [1.54, 1.807) is 6.20 Å². The Bertz CT molecular complexity index is 351. The van der Waals surface area contributed by atoms with Gasteiger partial charge in [-0.1, -0.05) is 40.4 Å². The molecule has 0 saturated heterocycles. The number of halogens is 2. The molecule has 1 aliphatic rings. The molecule has 4 heteroatoms. The van der Waals surface area contributed by atoms with E-state index in [1.807, 2.05) is 0 Å². The normalized spacial score (nSPS) is 26.7. The molecule has 0 aliphatic heterocycles. The van der Waals surface area contributed by atoms with E-state index in [1.165, 1.54) is 37.8 Å². The molecule has 0 spiro atoms. The van der Waals surface area contributed by atoms with Crippen molar-refractivity contribution < 1.29 is 0 Å². The summed E-state index contributed by atoms with van der Waals surface area (Å²) in [6.45, 7) is 3.03. The van der Waals surface area contributed by atoms with Crippen molar-refractivity contribution in [3.63, 3.8) is 0 Å². The van der Waals surface area contributed by atoms with E-state index in [4.69, 9.17) is 11.6 Å². The van der Waals surface area contributed by atoms with Crippen molar-refractivity contribution in [1.82, 2.24) is 9.78 Å². The van der Waals surface area contributed by atoms with Gasteiger partial charge in [0.25, 0.3) is 0 Å². The molecule has 1 aromatic heterocycles. The van der Waals surface area contributed by atoms with Gasteiger partial charge in [0, 0.05) is 17.3 Å². The fourth-order valence-corrected chi connectivity index (χ4v) is 3.65. The number of nitrogens with zero attached hydrogens (tertiary/aromatic N) is 2. The van der Waals surface area contributed by atoms with Crippen LogP contribution >= 0.6 is 27.5 Å². The van der Waals surface area contributed by atoms with Gasteiger partial charge in [-0.2, -0.15) is 5.10 Å². The van der Waals surface area contributed by atoms with E-state index < -0.39 is 0 Å². The molecule has 1 heterocycles. The predicted octanol–water partition coefficient (Wildman–Crippen LogP) is 4.37. The highest BCUT2D eigenvalue weighted by atomic mass is 79.9. The number of alkyl halides is 1. The Morgan fingerprint density at radius 2 is 2.25 bits per heavy atom. The summed E-state index contributed by atoms with van der Waals surface area (Å²) >= 11 is 10.0. The third kappa shape index (κ3) is 2.62. The highest BCUT2D eigenvalue weighted by Crippen LogP contribution is 2.37. The third-order valence-electron chi connectivity index (χ3n) is 3.38. The van der Waals surface area contributed by atoms with Crippen LogP contribution in [0.1, 0.15) is 50.6 Å². The summed E-state index contributed by atoms with van der Waals surface area (Å²) < 4.78 is 2.05. The molecule has 1 aliphatic carbocycles. The van der Waals surface area contributed by atoms with Gasteiger partial charge >= 0.3 is 0 Å². The molecule has 2 unspecified atom stereocenters. The first kappa shape index (κ1) is 12.4. The number of hydrogen-bond acceptors (Lipinski definition) is 1. The van der Waals surface area contributed by atoms with Crippen LogP contribution in [0.3, 0.4) is 0 Å². The highest BCUT2D eigenvalue weighted by molar-refractivity contribution is 9.09. The largest absolute Gasteiger partial charge is 0.268 e. The molecule has 0 aromatic carbocycles. The molecular weight excluding hydrogens is 288 g/mol. The van der Waals surface area contributed by atoms with E-state index in [-0.39, 0.29) is 0 Å². The molecule has 16 heavy (non-hydrogen) atoms. The van der Waals surface area contributed by atoms with E-state index in [0.717, 1.165) is 11.6 Å². The number of hydrogen-bond donors (Lipinski definition) is 0. The van der Waals surface area contributed by atoms with Crippen molar-refractivity contribution >= 4 is 27.5 Å². The Morgan fingerprint density at radius 1 is 1.50 bits per heavy atom. The predicted molar refractivity (Wildman–Crippen MR) is 71.5 cm³/mol. The first-order valence-electron chi connectivity index (χ1n) is 6.07. The number of aryl methyl sites for hydroxylation is 1. The van der Waals surface area contributed by atoms with Crippen molar-refractivity contribution in [3.8, 4) is 0 Å². The zero-order valence-electron chi connectivity index (χ0n) is 9.63. The summed E-state index contributed by atoms with van der Waals surface area (Å²) in [5.74, 6) is 0.571. The van der Waals surface area contributed by atoms with Crippen molar-refractivity contribution in [1.29, 1.82) is 0 Å². The molecule has 0 N–H and O–H groups in total. The van der Waals surface area contributed by atoms with Crippen LogP contribution in [-0.2, 0) is 6.54 Å². The first-order chi connectivity index (χ1) is 7.72. The minimum atomic E-state index is 0.571. The quantitative estimate of drug-likeness (QED) is 0.586. The summed E-state index contributed by atoms with van der Waals surface area (Å²) in [5.41, 5.74) is 1.25. The van der Waals surface area contributed by atoms with Gasteiger partial charge in [-0.3, -0.25) is 4.68 Å². The zero-order valence-corrected chi connectivity index (χ0v) is 12.0. The Balaban J connectivity index is 2.23. The average Bonchev–Trinajstić information content (AvgIpc) is 2.50. The van der Waals surface area contributed by atoms with Crippen molar-refractivity contribution in [2.45, 2.75) is 56.3 Å². The van der Waals surface area contributed by atoms with Crippen molar-refractivity contribution in [2.75, 3.05) is 0 Å². The van der Waals surface area contributed by atoms with Crippen LogP contribution < -0.4 is 0 Å². The van der Waals surface area contributed by atoms with E-state index >= 15 is 0 Å². The Kier molecular flexibility index (Phi) is 4.31. The SMILES string of the molecule is CCn1ncc(Cl)c1C1CCCCC(Br)C1. The molecule has 2 rings (SSSR count). The molecule has 1 fully saturated rings. The fourth-order valence-electron chi connectivity index (χ4n) is 2.58. The Labute approximate surface area is 110 Å². The van der Waals surface area contributed by atoms with Crippen LogP contribution in [0.4, 0.5) is 0 Å². The molecule has 0 bridgehead atoms. The molecule has 0 amide bonds. The van der Waals surface area contributed by atoms with Crippen molar-refractivity contribution in [2.24, 2.45) is 0 Å². The summed E-state index contributed by atoms with van der Waals surface area (Å²) in [6.07, 6.45) is 8.13. The van der Waals surface area contributed by atoms with E-state index in [0.29, 0.717) is 10.7 Å². The first-order valence-corrected chi connectivity index (χ1v) is 7.37. The average molecular weight is 306 g/mol. The third-order valence-corrected chi connectivity index (χ3v) is 4.50. The van der Waals surface area contributed by atoms with Gasteiger partial charge in [-0.15, -0.1) is 0 Å². The lowest BCUT2D eigenvalue weighted by atomic mass is 9.96. The summed E-state index contributed by atoms with van der Waals surface area (Å²) in [7, 11) is 0. The fraction of sp³-hybridized carbons (Fsp3) is 0.750. The zero-order chi connectivity index (χ0) is 11.5. The topological polar surface area (TPSA) is 17.8 Å². The monoisotopic (exact) mass is 304 g/mol. The van der Waals surface area contributed by atoms with Crippen LogP contribution in [0, 0.1) is 0 Å². The number of aromatic nitrogens is 2. The maximum atomic E-state index is 6.26. The van der Waals surface area contributed by atoms with Gasteiger partial charge in [0.15, 0.2) is 0 Å². The Hall–Kier alpha value is -0.0200. The van der Waals surface area contributed by atoms with Gasteiger partial charge in [-0.25, -0.2) is 0 Å². The maximum absolute atomic E-state index is 6.26. The maximum Gasteiger partial charge on any atom is 0.0820 e. The molecule has 2 nitrogen and oxygen atoms in total. The van der Waals surface area contributed by atoms with Gasteiger partial charge in [0.1, 0.15) is 0 Å². The Morgan fingerprint density at radius 3 is 3.00 bits per heavy atom. The van der Waals surface area contributed by atoms with Crippen molar-refractivity contribution in [3.05, 3.63) is 16.9 Å². The molecule has 2 atom stereocenters. The van der Waals surface area contributed by atoms with Gasteiger partial charge < -0.3 is 0 Å². The molecule has 0 radical (unpaired) electrons.